The molecule has 2 rings (SSSR count). The number of halogens is 1. The summed E-state index contributed by atoms with van der Waals surface area (Å²) < 4.78 is 0.888. The molecule has 90 valence electrons. The molecule has 0 spiro atoms. The Morgan fingerprint density at radius 3 is 3.00 bits per heavy atom. The van der Waals surface area contributed by atoms with Gasteiger partial charge >= 0.3 is 0 Å². The molecule has 1 aromatic heterocycles. The first kappa shape index (κ1) is 12.4. The molecule has 1 atom stereocenters. The molecule has 2 heterocycles. The second kappa shape index (κ2) is 6.01. The Labute approximate surface area is 107 Å². The van der Waals surface area contributed by atoms with Crippen molar-refractivity contribution in [3.8, 4) is 0 Å². The predicted octanol–water partition coefficient (Wildman–Crippen LogP) is 2.98. The lowest BCUT2D eigenvalue weighted by Crippen LogP contribution is -2.42. The summed E-state index contributed by atoms with van der Waals surface area (Å²) >= 11 is 7.60. The van der Waals surface area contributed by atoms with Crippen LogP contribution in [0.15, 0.2) is 12.1 Å². The van der Waals surface area contributed by atoms with Crippen LogP contribution in [0.4, 0.5) is 0 Å². The largest absolute Gasteiger partial charge is 0.313 e. The van der Waals surface area contributed by atoms with Crippen LogP contribution in [0.1, 0.15) is 24.1 Å². The van der Waals surface area contributed by atoms with E-state index in [1.165, 1.54) is 30.7 Å². The Hall–Kier alpha value is -0.0900. The Kier molecular flexibility index (Phi) is 4.65. The van der Waals surface area contributed by atoms with Gasteiger partial charge in [0.25, 0.3) is 0 Å². The molecule has 1 saturated heterocycles. The summed E-state index contributed by atoms with van der Waals surface area (Å²) in [6.07, 6.45) is 4.02. The molecule has 0 bridgehead atoms. The number of nitrogens with zero attached hydrogens (tertiary/aromatic N) is 1. The number of rotatable bonds is 4. The average molecular weight is 259 g/mol. The maximum Gasteiger partial charge on any atom is 0.0931 e. The minimum absolute atomic E-state index is 0.675. The number of hydrogen-bond donors (Lipinski definition) is 1. The summed E-state index contributed by atoms with van der Waals surface area (Å²) in [6.45, 7) is 3.33. The van der Waals surface area contributed by atoms with E-state index in [-0.39, 0.29) is 0 Å². The lowest BCUT2D eigenvalue weighted by atomic mass is 10.0. The minimum Gasteiger partial charge on any atom is -0.313 e. The van der Waals surface area contributed by atoms with Crippen molar-refractivity contribution in [2.45, 2.75) is 31.8 Å². The number of hydrogen-bond acceptors (Lipinski definition) is 3. The maximum atomic E-state index is 5.92. The third-order valence-electron chi connectivity index (χ3n) is 3.00. The highest BCUT2D eigenvalue weighted by Crippen LogP contribution is 2.22. The van der Waals surface area contributed by atoms with Crippen molar-refractivity contribution in [2.75, 3.05) is 20.1 Å². The van der Waals surface area contributed by atoms with Gasteiger partial charge in [0.2, 0.25) is 0 Å². The van der Waals surface area contributed by atoms with Gasteiger partial charge in [0.1, 0.15) is 0 Å². The third-order valence-corrected chi connectivity index (χ3v) is 4.21. The minimum atomic E-state index is 0.675. The van der Waals surface area contributed by atoms with Crippen molar-refractivity contribution in [3.63, 3.8) is 0 Å². The average Bonchev–Trinajstić information content (AvgIpc) is 2.65. The monoisotopic (exact) mass is 258 g/mol. The smallest absolute Gasteiger partial charge is 0.0931 e. The first-order valence-electron chi connectivity index (χ1n) is 5.90. The van der Waals surface area contributed by atoms with Gasteiger partial charge in [-0.05, 0) is 38.6 Å². The van der Waals surface area contributed by atoms with Crippen molar-refractivity contribution in [3.05, 3.63) is 21.3 Å². The van der Waals surface area contributed by atoms with Crippen LogP contribution in [0, 0.1) is 0 Å². The van der Waals surface area contributed by atoms with E-state index in [1.54, 1.807) is 11.3 Å². The highest BCUT2D eigenvalue weighted by atomic mass is 35.5. The summed E-state index contributed by atoms with van der Waals surface area (Å²) in [5, 5.41) is 3.58. The number of nitrogens with one attached hydrogen (secondary N) is 1. The summed E-state index contributed by atoms with van der Waals surface area (Å²) in [6, 6.07) is 4.78. The van der Waals surface area contributed by atoms with Gasteiger partial charge in [-0.15, -0.1) is 11.3 Å². The molecular weight excluding hydrogens is 240 g/mol. The predicted molar refractivity (Wildman–Crippen MR) is 71.3 cm³/mol. The van der Waals surface area contributed by atoms with Crippen LogP contribution in [0.3, 0.4) is 0 Å². The number of likely N-dealkylation sites (N-methyl/N-ethyl adjacent to an activating group) is 1. The fourth-order valence-corrected chi connectivity index (χ4v) is 3.39. The Morgan fingerprint density at radius 2 is 2.38 bits per heavy atom. The molecule has 0 aliphatic carbocycles. The van der Waals surface area contributed by atoms with Crippen molar-refractivity contribution >= 4 is 22.9 Å². The Balaban J connectivity index is 1.77. The Morgan fingerprint density at radius 1 is 1.50 bits per heavy atom. The summed E-state index contributed by atoms with van der Waals surface area (Å²) in [5.74, 6) is 0. The van der Waals surface area contributed by atoms with Crippen molar-refractivity contribution in [1.82, 2.24) is 10.2 Å². The third kappa shape index (κ3) is 3.74. The summed E-state index contributed by atoms with van der Waals surface area (Å²) in [4.78, 5) is 3.73. The molecule has 1 aliphatic heterocycles. The zero-order valence-electron chi connectivity index (χ0n) is 9.71. The topological polar surface area (TPSA) is 15.3 Å². The normalized spacial score (nSPS) is 21.6. The zero-order chi connectivity index (χ0) is 11.4. The molecule has 2 nitrogen and oxygen atoms in total. The van der Waals surface area contributed by atoms with Gasteiger partial charge in [-0.25, -0.2) is 0 Å². The molecule has 1 N–H and O–H groups in total. The molecule has 0 saturated carbocycles. The van der Waals surface area contributed by atoms with Crippen LogP contribution in [-0.2, 0) is 6.54 Å². The van der Waals surface area contributed by atoms with Crippen molar-refractivity contribution in [1.29, 1.82) is 0 Å². The molecule has 1 unspecified atom stereocenters. The van der Waals surface area contributed by atoms with E-state index >= 15 is 0 Å². The van der Waals surface area contributed by atoms with Crippen LogP contribution < -0.4 is 5.32 Å². The quantitative estimate of drug-likeness (QED) is 0.893. The lowest BCUT2D eigenvalue weighted by molar-refractivity contribution is 0.258. The zero-order valence-corrected chi connectivity index (χ0v) is 11.3. The molecule has 4 heteroatoms. The van der Waals surface area contributed by atoms with Gasteiger partial charge < -0.3 is 5.32 Å². The van der Waals surface area contributed by atoms with Gasteiger partial charge in [0.05, 0.1) is 4.34 Å². The molecule has 0 amide bonds. The van der Waals surface area contributed by atoms with Gasteiger partial charge in [-0.3, -0.25) is 4.90 Å². The van der Waals surface area contributed by atoms with Crippen LogP contribution in [0.5, 0.6) is 0 Å². The van der Waals surface area contributed by atoms with E-state index in [2.05, 4.69) is 23.3 Å². The van der Waals surface area contributed by atoms with Gasteiger partial charge in [-0.1, -0.05) is 18.0 Å². The van der Waals surface area contributed by atoms with Gasteiger partial charge in [0.15, 0.2) is 0 Å². The highest BCUT2D eigenvalue weighted by Gasteiger charge is 2.14. The van der Waals surface area contributed by atoms with E-state index in [4.69, 9.17) is 11.6 Å². The van der Waals surface area contributed by atoms with E-state index < -0.39 is 0 Å². The molecule has 1 fully saturated rings. The van der Waals surface area contributed by atoms with Gasteiger partial charge in [-0.2, -0.15) is 0 Å². The van der Waals surface area contributed by atoms with Gasteiger partial charge in [0, 0.05) is 24.0 Å². The summed E-state index contributed by atoms with van der Waals surface area (Å²) in [5.41, 5.74) is 0. The van der Waals surface area contributed by atoms with Crippen LogP contribution in [0.25, 0.3) is 0 Å². The number of thiophene rings is 1. The SMILES string of the molecule is CN(Cc1ccc(Cl)s1)CC1CCCCN1. The molecule has 0 aromatic carbocycles. The van der Waals surface area contributed by atoms with E-state index in [0.29, 0.717) is 6.04 Å². The van der Waals surface area contributed by atoms with E-state index in [1.807, 2.05) is 6.07 Å². The van der Waals surface area contributed by atoms with Crippen LogP contribution in [-0.4, -0.2) is 31.1 Å². The molecular formula is C12H19ClN2S. The standard InChI is InChI=1S/C12H19ClN2S/c1-15(8-10-4-2-3-7-14-10)9-11-5-6-12(13)16-11/h5-6,10,14H,2-4,7-9H2,1H3. The van der Waals surface area contributed by atoms with E-state index in [9.17, 15) is 0 Å². The molecule has 16 heavy (non-hydrogen) atoms. The number of piperidine rings is 1. The van der Waals surface area contributed by atoms with Crippen LogP contribution in [0.2, 0.25) is 4.34 Å². The maximum absolute atomic E-state index is 5.92. The van der Waals surface area contributed by atoms with Crippen molar-refractivity contribution in [2.24, 2.45) is 0 Å². The fourth-order valence-electron chi connectivity index (χ4n) is 2.22. The summed E-state index contributed by atoms with van der Waals surface area (Å²) in [7, 11) is 2.18. The molecule has 1 aromatic rings. The molecule has 1 aliphatic rings. The first-order chi connectivity index (χ1) is 7.74. The Bertz CT molecular complexity index is 321. The second-order valence-corrected chi connectivity index (χ2v) is 6.35. The highest BCUT2D eigenvalue weighted by molar-refractivity contribution is 7.16. The van der Waals surface area contributed by atoms with Crippen molar-refractivity contribution < 1.29 is 0 Å². The van der Waals surface area contributed by atoms with E-state index in [0.717, 1.165) is 17.4 Å². The fraction of sp³-hybridized carbons (Fsp3) is 0.667. The first-order valence-corrected chi connectivity index (χ1v) is 7.09. The molecule has 0 radical (unpaired) electrons. The lowest BCUT2D eigenvalue weighted by Gasteiger charge is -2.27. The second-order valence-electron chi connectivity index (χ2n) is 4.55. The van der Waals surface area contributed by atoms with Crippen LogP contribution >= 0.6 is 22.9 Å².